The third kappa shape index (κ3) is 9.25. The molecule has 0 aliphatic heterocycles. The lowest BCUT2D eigenvalue weighted by Crippen LogP contribution is -3.00. The summed E-state index contributed by atoms with van der Waals surface area (Å²) in [6.45, 7) is 5.40. The van der Waals surface area contributed by atoms with Gasteiger partial charge >= 0.3 is 0 Å². The second kappa shape index (κ2) is 15.0. The third-order valence-electron chi connectivity index (χ3n) is 7.82. The molecule has 2 aromatic rings. The Hall–Kier alpha value is -1.06. The number of aryl methyl sites for hydroxylation is 2. The quantitative estimate of drug-likeness (QED) is 0.286. The summed E-state index contributed by atoms with van der Waals surface area (Å²) >= 11 is 0. The number of nitrogens with two attached hydrogens (primary N) is 2. The molecule has 0 saturated heterocycles. The van der Waals surface area contributed by atoms with Crippen molar-refractivity contribution in [2.45, 2.75) is 64.2 Å². The minimum absolute atomic E-state index is 0. The lowest BCUT2D eigenvalue weighted by atomic mass is 9.48. The second-order valence-corrected chi connectivity index (χ2v) is 10.6. The predicted molar refractivity (Wildman–Crippen MR) is 130 cm³/mol. The van der Waals surface area contributed by atoms with Crippen LogP contribution in [0.15, 0.2) is 60.7 Å². The summed E-state index contributed by atoms with van der Waals surface area (Å²) in [7, 11) is 0. The second-order valence-electron chi connectivity index (χ2n) is 10.6. The number of benzene rings is 2. The molecule has 4 rings (SSSR count). The molecule has 1 spiro atoms. The molecule has 2 saturated carbocycles. The number of unbranched alkanes of at least 4 members (excludes halogenated alkanes) is 2. The zero-order valence-electron chi connectivity index (χ0n) is 20.2. The highest BCUT2D eigenvalue weighted by atomic mass is 35.5. The first-order valence-electron chi connectivity index (χ1n) is 13.0. The van der Waals surface area contributed by atoms with E-state index in [1.807, 2.05) is 0 Å². The van der Waals surface area contributed by atoms with Gasteiger partial charge in [-0.1, -0.05) is 60.7 Å². The minimum Gasteiger partial charge on any atom is -1.00 e. The predicted octanol–water partition coefficient (Wildman–Crippen LogP) is -2.03. The fraction of sp³-hybridized carbons (Fsp3) is 0.586. The van der Waals surface area contributed by atoms with Crippen LogP contribution in [0.2, 0.25) is 0 Å². The number of rotatable bonds is 14. The van der Waals surface area contributed by atoms with E-state index in [4.69, 9.17) is 0 Å². The van der Waals surface area contributed by atoms with E-state index < -0.39 is 0 Å². The van der Waals surface area contributed by atoms with Crippen LogP contribution < -0.4 is 35.4 Å². The smallest absolute Gasteiger partial charge is 0.0784 e. The fourth-order valence-corrected chi connectivity index (χ4v) is 6.23. The standard InChI is InChI=1S/C29H42N2.2ClH/c1-3-11-25(12-4-1)15-7-9-17-30-23-27-19-29(20-27)21-28(22-29)24-31-18-10-8-16-26-13-5-2-6-14-26;;/h1-6,11-14,27-28,30-31H,7-10,15-24H2;2*1H. The Morgan fingerprint density at radius 3 is 1.36 bits per heavy atom. The van der Waals surface area contributed by atoms with Gasteiger partial charge in [0, 0.05) is 11.8 Å². The van der Waals surface area contributed by atoms with Gasteiger partial charge in [0.15, 0.2) is 0 Å². The topological polar surface area (TPSA) is 33.2 Å². The highest BCUT2D eigenvalue weighted by Crippen LogP contribution is 2.60. The van der Waals surface area contributed by atoms with Crippen molar-refractivity contribution in [1.29, 1.82) is 0 Å². The first-order chi connectivity index (χ1) is 15.3. The summed E-state index contributed by atoms with van der Waals surface area (Å²) in [4.78, 5) is 0. The van der Waals surface area contributed by atoms with Crippen LogP contribution in [-0.2, 0) is 12.8 Å². The van der Waals surface area contributed by atoms with E-state index in [1.54, 1.807) is 0 Å². The van der Waals surface area contributed by atoms with Crippen molar-refractivity contribution in [3.63, 3.8) is 0 Å². The van der Waals surface area contributed by atoms with E-state index in [0.717, 1.165) is 17.3 Å². The van der Waals surface area contributed by atoms with Crippen molar-refractivity contribution in [1.82, 2.24) is 0 Å². The average molecular weight is 492 g/mol. The molecule has 4 heteroatoms. The van der Waals surface area contributed by atoms with E-state index in [0.29, 0.717) is 0 Å². The summed E-state index contributed by atoms with van der Waals surface area (Å²) in [6, 6.07) is 21.9. The molecule has 2 fully saturated rings. The van der Waals surface area contributed by atoms with Crippen LogP contribution in [0.3, 0.4) is 0 Å². The van der Waals surface area contributed by atoms with E-state index in [9.17, 15) is 0 Å². The Kier molecular flexibility index (Phi) is 12.8. The highest BCUT2D eigenvalue weighted by molar-refractivity contribution is 5.15. The summed E-state index contributed by atoms with van der Waals surface area (Å²) < 4.78 is 0. The highest BCUT2D eigenvalue weighted by Gasteiger charge is 2.53. The Balaban J connectivity index is 0.00000193. The SMILES string of the molecule is [Cl-].[Cl-].c1ccc(CCCC[NH2+]CC2CC3(C2)CC(C[NH2+]CCCCc2ccccc2)C3)cc1. The van der Waals surface area contributed by atoms with Gasteiger partial charge in [0.05, 0.1) is 26.2 Å². The van der Waals surface area contributed by atoms with Gasteiger partial charge in [0.1, 0.15) is 0 Å². The molecule has 184 valence electrons. The molecular weight excluding hydrogens is 447 g/mol. The van der Waals surface area contributed by atoms with Crippen molar-refractivity contribution in [3.8, 4) is 0 Å². The first kappa shape index (κ1) is 28.2. The third-order valence-corrected chi connectivity index (χ3v) is 7.82. The van der Waals surface area contributed by atoms with Gasteiger partial charge in [-0.05, 0) is 80.8 Å². The maximum atomic E-state index is 2.60. The molecule has 0 radical (unpaired) electrons. The largest absolute Gasteiger partial charge is 1.00 e. The van der Waals surface area contributed by atoms with Gasteiger partial charge in [-0.2, -0.15) is 0 Å². The van der Waals surface area contributed by atoms with Crippen LogP contribution in [0.5, 0.6) is 0 Å². The fourth-order valence-electron chi connectivity index (χ4n) is 6.23. The van der Waals surface area contributed by atoms with Gasteiger partial charge in [-0.15, -0.1) is 0 Å². The Morgan fingerprint density at radius 2 is 0.970 bits per heavy atom. The summed E-state index contributed by atoms with van der Waals surface area (Å²) in [5.41, 5.74) is 3.78. The molecule has 2 nitrogen and oxygen atoms in total. The maximum Gasteiger partial charge on any atom is 0.0784 e. The summed E-state index contributed by atoms with van der Waals surface area (Å²) in [6.07, 6.45) is 14.0. The summed E-state index contributed by atoms with van der Waals surface area (Å²) in [5.74, 6) is 2.02. The van der Waals surface area contributed by atoms with Gasteiger partial charge in [0.2, 0.25) is 0 Å². The van der Waals surface area contributed by atoms with E-state index in [-0.39, 0.29) is 24.8 Å². The number of quaternary nitrogens is 2. The van der Waals surface area contributed by atoms with Crippen molar-refractivity contribution in [2.75, 3.05) is 26.2 Å². The monoisotopic (exact) mass is 490 g/mol. The Labute approximate surface area is 214 Å². The van der Waals surface area contributed by atoms with Crippen LogP contribution >= 0.6 is 0 Å². The molecule has 0 heterocycles. The van der Waals surface area contributed by atoms with Gasteiger partial charge in [-0.25, -0.2) is 0 Å². The zero-order valence-corrected chi connectivity index (χ0v) is 21.8. The minimum atomic E-state index is 0. The zero-order chi connectivity index (χ0) is 21.2. The average Bonchev–Trinajstić information content (AvgIpc) is 2.75. The lowest BCUT2D eigenvalue weighted by molar-refractivity contribution is -0.667. The molecule has 0 amide bonds. The van der Waals surface area contributed by atoms with E-state index in [1.165, 1.54) is 102 Å². The van der Waals surface area contributed by atoms with Gasteiger partial charge in [-0.3, -0.25) is 0 Å². The van der Waals surface area contributed by atoms with Crippen LogP contribution in [0.25, 0.3) is 0 Å². The molecule has 2 aromatic carbocycles. The molecule has 33 heavy (non-hydrogen) atoms. The van der Waals surface area contributed by atoms with Crippen LogP contribution in [0, 0.1) is 17.3 Å². The summed E-state index contributed by atoms with van der Waals surface area (Å²) in [5, 5.41) is 5.20. The van der Waals surface area contributed by atoms with E-state index in [2.05, 4.69) is 71.3 Å². The molecule has 4 N–H and O–H groups in total. The number of hydrogen-bond donors (Lipinski definition) is 2. The maximum absolute atomic E-state index is 2.60. The van der Waals surface area contributed by atoms with Gasteiger partial charge in [0.25, 0.3) is 0 Å². The van der Waals surface area contributed by atoms with Crippen LogP contribution in [-0.4, -0.2) is 26.2 Å². The van der Waals surface area contributed by atoms with E-state index >= 15 is 0 Å². The molecule has 2 aliphatic carbocycles. The van der Waals surface area contributed by atoms with Crippen molar-refractivity contribution < 1.29 is 35.4 Å². The molecule has 0 unspecified atom stereocenters. The molecule has 2 aliphatic rings. The number of hydrogen-bond acceptors (Lipinski definition) is 0. The van der Waals surface area contributed by atoms with Crippen molar-refractivity contribution in [2.24, 2.45) is 17.3 Å². The molecule has 0 bridgehead atoms. The molecule has 0 atom stereocenters. The van der Waals surface area contributed by atoms with Crippen molar-refractivity contribution >= 4 is 0 Å². The first-order valence-corrected chi connectivity index (χ1v) is 13.0. The van der Waals surface area contributed by atoms with Crippen molar-refractivity contribution in [3.05, 3.63) is 71.8 Å². The van der Waals surface area contributed by atoms with Crippen LogP contribution in [0.4, 0.5) is 0 Å². The number of halogens is 2. The normalized spacial score (nSPS) is 23.2. The molecule has 0 aromatic heterocycles. The Morgan fingerprint density at radius 1 is 0.576 bits per heavy atom. The lowest BCUT2D eigenvalue weighted by Gasteiger charge is -2.57. The molecular formula is C29H44Cl2N2. The van der Waals surface area contributed by atoms with Crippen LogP contribution in [0.1, 0.15) is 62.5 Å². The van der Waals surface area contributed by atoms with Gasteiger partial charge < -0.3 is 35.4 Å². The Bertz CT molecular complexity index is 672.